The van der Waals surface area contributed by atoms with Gasteiger partial charge >= 0.3 is 0 Å². The number of nitrogens with zero attached hydrogens (tertiary/aromatic N) is 1. The number of halogens is 2. The van der Waals surface area contributed by atoms with E-state index in [2.05, 4.69) is 10.4 Å². The number of amides is 1. The first-order valence-electron chi connectivity index (χ1n) is 4.80. The number of fused-ring (bicyclic) bond motifs is 1. The number of nitrogens with one attached hydrogen (secondary N) is 1. The minimum Gasteiger partial charge on any atom is -0.290 e. The van der Waals surface area contributed by atoms with Gasteiger partial charge < -0.3 is 0 Å². The lowest BCUT2D eigenvalue weighted by molar-refractivity contribution is 0.0955. The molecule has 0 fully saturated rings. The highest BCUT2D eigenvalue weighted by Crippen LogP contribution is 2.29. The minimum atomic E-state index is -0.404. The Morgan fingerprint density at radius 2 is 2.06 bits per heavy atom. The number of nitrogen functional groups attached to an aromatic ring is 1. The number of aromatic nitrogens is 1. The number of nitrogens with two attached hydrogens (primary N) is 1. The standard InChI is InChI=1S/C11H9Cl2N3O/c1-5-2-8(11(17)16-14)7-3-6(12)4-9(13)10(7)15-5/h2-4H,14H2,1H3,(H,16,17). The van der Waals surface area contributed by atoms with E-state index in [0.29, 0.717) is 32.2 Å². The highest BCUT2D eigenvalue weighted by molar-refractivity contribution is 6.38. The van der Waals surface area contributed by atoms with Crippen molar-refractivity contribution in [1.29, 1.82) is 0 Å². The number of rotatable bonds is 1. The van der Waals surface area contributed by atoms with Crippen LogP contribution in [0.2, 0.25) is 10.0 Å². The van der Waals surface area contributed by atoms with Crippen molar-refractivity contribution in [2.75, 3.05) is 0 Å². The predicted molar refractivity (Wildman–Crippen MR) is 68.2 cm³/mol. The fourth-order valence-electron chi connectivity index (χ4n) is 1.65. The average Bonchev–Trinajstić information content (AvgIpc) is 2.28. The van der Waals surface area contributed by atoms with Crippen LogP contribution in [0.25, 0.3) is 10.9 Å². The third kappa shape index (κ3) is 2.20. The molecule has 0 aliphatic carbocycles. The molecule has 0 unspecified atom stereocenters. The Morgan fingerprint density at radius 1 is 1.35 bits per heavy atom. The number of hydrogen-bond acceptors (Lipinski definition) is 3. The van der Waals surface area contributed by atoms with Gasteiger partial charge in [-0.25, -0.2) is 5.84 Å². The van der Waals surface area contributed by atoms with E-state index >= 15 is 0 Å². The van der Waals surface area contributed by atoms with Crippen molar-refractivity contribution >= 4 is 40.0 Å². The van der Waals surface area contributed by atoms with Crippen molar-refractivity contribution in [3.05, 3.63) is 39.5 Å². The van der Waals surface area contributed by atoms with E-state index in [4.69, 9.17) is 29.0 Å². The number of carbonyl (C=O) groups excluding carboxylic acids is 1. The molecule has 1 amide bonds. The fourth-order valence-corrected chi connectivity index (χ4v) is 2.18. The van der Waals surface area contributed by atoms with Gasteiger partial charge in [0.1, 0.15) is 0 Å². The molecule has 4 nitrogen and oxygen atoms in total. The molecule has 1 aromatic heterocycles. The van der Waals surface area contributed by atoms with Gasteiger partial charge in [0.2, 0.25) is 0 Å². The van der Waals surface area contributed by atoms with E-state index in [1.165, 1.54) is 0 Å². The lowest BCUT2D eigenvalue weighted by atomic mass is 10.1. The fraction of sp³-hybridized carbons (Fsp3) is 0.0909. The molecule has 88 valence electrons. The predicted octanol–water partition coefficient (Wildman–Crippen LogP) is 2.45. The molecular weight excluding hydrogens is 261 g/mol. The number of hydrazine groups is 1. The van der Waals surface area contributed by atoms with Gasteiger partial charge in [0.05, 0.1) is 16.1 Å². The maximum Gasteiger partial charge on any atom is 0.265 e. The second-order valence-electron chi connectivity index (χ2n) is 3.57. The molecule has 1 heterocycles. The number of carbonyl (C=O) groups is 1. The van der Waals surface area contributed by atoms with Crippen molar-refractivity contribution in [3.8, 4) is 0 Å². The zero-order chi connectivity index (χ0) is 12.6. The maximum absolute atomic E-state index is 11.7. The lowest BCUT2D eigenvalue weighted by Gasteiger charge is -2.08. The van der Waals surface area contributed by atoms with Crippen LogP contribution >= 0.6 is 23.2 Å². The second-order valence-corrected chi connectivity index (χ2v) is 4.41. The monoisotopic (exact) mass is 269 g/mol. The molecular formula is C11H9Cl2N3O. The van der Waals surface area contributed by atoms with E-state index in [0.717, 1.165) is 0 Å². The molecule has 0 aliphatic heterocycles. The van der Waals surface area contributed by atoms with Crippen molar-refractivity contribution in [1.82, 2.24) is 10.4 Å². The van der Waals surface area contributed by atoms with Crippen LogP contribution < -0.4 is 11.3 Å². The van der Waals surface area contributed by atoms with Gasteiger partial charge in [0.25, 0.3) is 5.91 Å². The summed E-state index contributed by atoms with van der Waals surface area (Å²) in [5.41, 5.74) is 3.71. The Hall–Kier alpha value is -1.36. The summed E-state index contributed by atoms with van der Waals surface area (Å²) in [6, 6.07) is 4.86. The Balaban J connectivity index is 2.87. The van der Waals surface area contributed by atoms with Gasteiger partial charge in [-0.1, -0.05) is 23.2 Å². The molecule has 0 bridgehead atoms. The summed E-state index contributed by atoms with van der Waals surface area (Å²) in [5, 5.41) is 1.43. The zero-order valence-corrected chi connectivity index (χ0v) is 10.4. The minimum absolute atomic E-state index is 0.402. The van der Waals surface area contributed by atoms with Crippen LogP contribution in [0.1, 0.15) is 16.1 Å². The van der Waals surface area contributed by atoms with Gasteiger partial charge in [-0.15, -0.1) is 0 Å². The van der Waals surface area contributed by atoms with Gasteiger partial charge in [-0.3, -0.25) is 15.2 Å². The molecule has 1 aromatic carbocycles. The van der Waals surface area contributed by atoms with Crippen LogP contribution in [0.4, 0.5) is 0 Å². The molecule has 6 heteroatoms. The van der Waals surface area contributed by atoms with Gasteiger partial charge in [-0.2, -0.15) is 0 Å². The normalized spacial score (nSPS) is 10.6. The van der Waals surface area contributed by atoms with Crippen LogP contribution in [0.5, 0.6) is 0 Å². The number of benzene rings is 1. The SMILES string of the molecule is Cc1cc(C(=O)NN)c2cc(Cl)cc(Cl)c2n1. The third-order valence-electron chi connectivity index (χ3n) is 2.34. The third-order valence-corrected chi connectivity index (χ3v) is 2.84. The quantitative estimate of drug-likeness (QED) is 0.475. The Morgan fingerprint density at radius 3 is 2.71 bits per heavy atom. The van der Waals surface area contributed by atoms with E-state index in [9.17, 15) is 4.79 Å². The molecule has 3 N–H and O–H groups in total. The van der Waals surface area contributed by atoms with Gasteiger partial charge in [-0.05, 0) is 25.1 Å². The summed E-state index contributed by atoms with van der Waals surface area (Å²) in [6.45, 7) is 1.78. The van der Waals surface area contributed by atoms with E-state index in [1.807, 2.05) is 0 Å². The largest absolute Gasteiger partial charge is 0.290 e. The summed E-state index contributed by atoms with van der Waals surface area (Å²) in [4.78, 5) is 15.9. The Kier molecular flexibility index (Phi) is 3.19. The molecule has 0 spiro atoms. The number of aryl methyl sites for hydroxylation is 1. The highest BCUT2D eigenvalue weighted by Gasteiger charge is 2.13. The van der Waals surface area contributed by atoms with E-state index < -0.39 is 5.91 Å². The van der Waals surface area contributed by atoms with Crippen LogP contribution in [0, 0.1) is 6.92 Å². The van der Waals surface area contributed by atoms with Crippen LogP contribution in [-0.2, 0) is 0 Å². The van der Waals surface area contributed by atoms with Crippen LogP contribution in [0.3, 0.4) is 0 Å². The van der Waals surface area contributed by atoms with Gasteiger partial charge in [0.15, 0.2) is 0 Å². The second kappa shape index (κ2) is 4.49. The number of pyridine rings is 1. The van der Waals surface area contributed by atoms with Crippen molar-refractivity contribution < 1.29 is 4.79 Å². The smallest absolute Gasteiger partial charge is 0.265 e. The Bertz CT molecular complexity index is 613. The van der Waals surface area contributed by atoms with Crippen molar-refractivity contribution in [2.45, 2.75) is 6.92 Å². The van der Waals surface area contributed by atoms with Crippen LogP contribution in [0.15, 0.2) is 18.2 Å². The molecule has 0 radical (unpaired) electrons. The molecule has 0 atom stereocenters. The summed E-state index contributed by atoms with van der Waals surface area (Å²) in [6.07, 6.45) is 0. The Labute approximate surface area is 108 Å². The first-order chi connectivity index (χ1) is 8.02. The zero-order valence-electron chi connectivity index (χ0n) is 8.92. The van der Waals surface area contributed by atoms with Crippen molar-refractivity contribution in [2.24, 2.45) is 5.84 Å². The molecule has 17 heavy (non-hydrogen) atoms. The first kappa shape index (κ1) is 12.1. The molecule has 0 saturated carbocycles. The summed E-state index contributed by atoms with van der Waals surface area (Å²) in [5.74, 6) is 4.73. The molecule has 2 aromatic rings. The maximum atomic E-state index is 11.7. The first-order valence-corrected chi connectivity index (χ1v) is 5.56. The number of hydrogen-bond donors (Lipinski definition) is 2. The summed E-state index contributed by atoms with van der Waals surface area (Å²) in [7, 11) is 0. The molecule has 0 saturated heterocycles. The van der Waals surface area contributed by atoms with Crippen LogP contribution in [-0.4, -0.2) is 10.9 Å². The topological polar surface area (TPSA) is 68.0 Å². The highest BCUT2D eigenvalue weighted by atomic mass is 35.5. The van der Waals surface area contributed by atoms with E-state index in [-0.39, 0.29) is 0 Å². The van der Waals surface area contributed by atoms with Gasteiger partial charge in [0, 0.05) is 16.1 Å². The average molecular weight is 270 g/mol. The summed E-state index contributed by atoms with van der Waals surface area (Å²) < 4.78 is 0. The summed E-state index contributed by atoms with van der Waals surface area (Å²) >= 11 is 12.0. The molecule has 0 aliphatic rings. The lowest BCUT2D eigenvalue weighted by Crippen LogP contribution is -2.30. The molecule has 2 rings (SSSR count). The van der Waals surface area contributed by atoms with E-state index in [1.54, 1.807) is 25.1 Å². The van der Waals surface area contributed by atoms with Crippen molar-refractivity contribution in [3.63, 3.8) is 0 Å².